The van der Waals surface area contributed by atoms with E-state index in [0.717, 1.165) is 0 Å². The topological polar surface area (TPSA) is 0 Å². The Labute approximate surface area is 186 Å². The number of rotatable bonds is 5. The molecule has 1 unspecified atom stereocenters. The SMILES string of the molecule is CC1=Cc2c(ccc(C(C)C)c2-c2cc(C(C)C)cc(C(C)C)c2)[CH]1[Zr]([Cl])[Cl]. The zero-order valence-electron chi connectivity index (χ0n) is 18.0. The van der Waals surface area contributed by atoms with Crippen molar-refractivity contribution in [2.45, 2.75) is 69.8 Å². The van der Waals surface area contributed by atoms with Crippen molar-refractivity contribution in [2.75, 3.05) is 0 Å². The van der Waals surface area contributed by atoms with Crippen molar-refractivity contribution in [2.24, 2.45) is 0 Å². The first-order valence-corrected chi connectivity index (χ1v) is 18.0. The molecule has 0 N–H and O–H groups in total. The summed E-state index contributed by atoms with van der Waals surface area (Å²) in [5.41, 5.74) is 11.0. The second-order valence-corrected chi connectivity index (χ2v) is 17.8. The summed E-state index contributed by atoms with van der Waals surface area (Å²) in [6.07, 6.45) is 2.35. The molecule has 0 radical (unpaired) electrons. The van der Waals surface area contributed by atoms with Crippen molar-refractivity contribution in [1.82, 2.24) is 0 Å². The maximum atomic E-state index is 6.56. The van der Waals surface area contributed by atoms with Crippen LogP contribution in [0.5, 0.6) is 0 Å². The fourth-order valence-corrected chi connectivity index (χ4v) is 9.87. The molecule has 0 aromatic heterocycles. The van der Waals surface area contributed by atoms with Gasteiger partial charge in [-0.15, -0.1) is 0 Å². The number of halogens is 2. The Morgan fingerprint density at radius 3 is 1.86 bits per heavy atom. The van der Waals surface area contributed by atoms with Gasteiger partial charge in [0, 0.05) is 0 Å². The van der Waals surface area contributed by atoms with E-state index in [1.807, 2.05) is 0 Å². The summed E-state index contributed by atoms with van der Waals surface area (Å²) in [6.45, 7) is 15.9. The molecule has 0 saturated carbocycles. The van der Waals surface area contributed by atoms with Crippen LogP contribution in [0, 0.1) is 0 Å². The molecular weight excluding hydrogens is 462 g/mol. The molecule has 3 heteroatoms. The van der Waals surface area contributed by atoms with Gasteiger partial charge in [0.15, 0.2) is 0 Å². The first-order chi connectivity index (χ1) is 13.1. The molecule has 0 heterocycles. The minimum atomic E-state index is -2.44. The average molecular weight is 494 g/mol. The minimum absolute atomic E-state index is 0.276. The van der Waals surface area contributed by atoms with Crippen LogP contribution in [0.4, 0.5) is 0 Å². The molecule has 0 fully saturated rings. The molecule has 2 aromatic carbocycles. The third-order valence-electron chi connectivity index (χ3n) is 5.89. The summed E-state index contributed by atoms with van der Waals surface area (Å²) >= 11 is -2.44. The van der Waals surface area contributed by atoms with Crippen molar-refractivity contribution in [3.63, 3.8) is 0 Å². The molecule has 0 nitrogen and oxygen atoms in total. The Bertz CT molecular complexity index is 881. The van der Waals surface area contributed by atoms with Crippen molar-refractivity contribution < 1.29 is 19.4 Å². The fourth-order valence-electron chi connectivity index (χ4n) is 4.20. The first kappa shape index (κ1) is 22.3. The molecule has 28 heavy (non-hydrogen) atoms. The second kappa shape index (κ2) is 8.79. The predicted octanol–water partition coefficient (Wildman–Crippen LogP) is 9.11. The molecule has 0 aliphatic heterocycles. The van der Waals surface area contributed by atoms with Crippen LogP contribution in [-0.4, -0.2) is 0 Å². The van der Waals surface area contributed by atoms with Crippen LogP contribution < -0.4 is 0 Å². The Morgan fingerprint density at radius 1 is 0.821 bits per heavy atom. The van der Waals surface area contributed by atoms with Crippen LogP contribution in [-0.2, 0) is 19.4 Å². The molecule has 1 atom stereocenters. The molecule has 0 spiro atoms. The Balaban J connectivity index is 2.33. The third kappa shape index (κ3) is 4.23. The van der Waals surface area contributed by atoms with E-state index in [2.05, 4.69) is 84.9 Å². The van der Waals surface area contributed by atoms with E-state index in [0.29, 0.717) is 17.8 Å². The molecule has 1 aliphatic carbocycles. The normalized spacial score (nSPS) is 16.1. The fraction of sp³-hybridized carbons (Fsp3) is 0.440. The molecule has 149 valence electrons. The number of hydrogen-bond acceptors (Lipinski definition) is 0. The van der Waals surface area contributed by atoms with Gasteiger partial charge in [0.2, 0.25) is 0 Å². The van der Waals surface area contributed by atoms with Gasteiger partial charge < -0.3 is 0 Å². The zero-order chi connectivity index (χ0) is 20.7. The Morgan fingerprint density at radius 2 is 1.39 bits per heavy atom. The summed E-state index contributed by atoms with van der Waals surface area (Å²) < 4.78 is 0.276. The predicted molar refractivity (Wildman–Crippen MR) is 122 cm³/mol. The molecule has 2 aromatic rings. The van der Waals surface area contributed by atoms with E-state index in [9.17, 15) is 0 Å². The van der Waals surface area contributed by atoms with Crippen LogP contribution in [0.25, 0.3) is 17.2 Å². The second-order valence-electron chi connectivity index (χ2n) is 9.00. The summed E-state index contributed by atoms with van der Waals surface area (Å²) in [6, 6.07) is 11.8. The van der Waals surface area contributed by atoms with Gasteiger partial charge in [-0.25, -0.2) is 0 Å². The summed E-state index contributed by atoms with van der Waals surface area (Å²) in [5, 5.41) is 0. The summed E-state index contributed by atoms with van der Waals surface area (Å²) in [5.74, 6) is 1.47. The van der Waals surface area contributed by atoms with Gasteiger partial charge in [-0.2, -0.15) is 0 Å². The van der Waals surface area contributed by atoms with E-state index < -0.39 is 19.4 Å². The zero-order valence-corrected chi connectivity index (χ0v) is 22.0. The van der Waals surface area contributed by atoms with E-state index in [1.165, 1.54) is 44.5 Å². The Hall–Kier alpha value is -0.357. The number of benzene rings is 2. The van der Waals surface area contributed by atoms with Crippen LogP contribution in [0.3, 0.4) is 0 Å². The summed E-state index contributed by atoms with van der Waals surface area (Å²) in [4.78, 5) is 0. The molecule has 0 amide bonds. The monoisotopic (exact) mass is 491 g/mol. The van der Waals surface area contributed by atoms with Crippen LogP contribution in [0.2, 0.25) is 0 Å². The van der Waals surface area contributed by atoms with Gasteiger partial charge >= 0.3 is 187 Å². The molecule has 0 bridgehead atoms. The van der Waals surface area contributed by atoms with Crippen LogP contribution in [0.15, 0.2) is 35.9 Å². The van der Waals surface area contributed by atoms with Crippen LogP contribution in [0.1, 0.15) is 97.7 Å². The van der Waals surface area contributed by atoms with Gasteiger partial charge in [0.25, 0.3) is 0 Å². The molecule has 1 aliphatic rings. The molecular formula is C25H31Cl2Zr. The average Bonchev–Trinajstić information content (AvgIpc) is 2.95. The summed E-state index contributed by atoms with van der Waals surface area (Å²) in [7, 11) is 13.1. The standard InChI is InChI=1S/C25H31.2ClH.Zr/c1-15(2)20-12-21(16(3)4)14-22(13-20)25-23(17(5)6)9-8-19-10-18(7)11-24(19)25;;;/h8-17H,1-7H3;2*1H;/q;;;+2/p-2. The Kier molecular flexibility index (Phi) is 7.01. The van der Waals surface area contributed by atoms with Crippen LogP contribution >= 0.6 is 17.0 Å². The van der Waals surface area contributed by atoms with Crippen molar-refractivity contribution in [3.05, 3.63) is 63.7 Å². The van der Waals surface area contributed by atoms with Gasteiger partial charge in [-0.3, -0.25) is 0 Å². The first-order valence-electron chi connectivity index (χ1n) is 10.3. The van der Waals surface area contributed by atoms with Crippen molar-refractivity contribution in [3.8, 4) is 11.1 Å². The molecule has 3 rings (SSSR count). The van der Waals surface area contributed by atoms with Gasteiger partial charge in [0.1, 0.15) is 0 Å². The van der Waals surface area contributed by atoms with Gasteiger partial charge in [0.05, 0.1) is 0 Å². The maximum absolute atomic E-state index is 6.56. The van der Waals surface area contributed by atoms with Crippen molar-refractivity contribution >= 4 is 23.1 Å². The number of fused-ring (bicyclic) bond motifs is 1. The molecule has 0 saturated heterocycles. The number of hydrogen-bond donors (Lipinski definition) is 0. The van der Waals surface area contributed by atoms with Crippen molar-refractivity contribution in [1.29, 1.82) is 0 Å². The van der Waals surface area contributed by atoms with E-state index >= 15 is 0 Å². The van der Waals surface area contributed by atoms with E-state index in [1.54, 1.807) is 0 Å². The quantitative estimate of drug-likeness (QED) is 0.390. The third-order valence-corrected chi connectivity index (χ3v) is 11.4. The van der Waals surface area contributed by atoms with E-state index in [-0.39, 0.29) is 3.63 Å². The van der Waals surface area contributed by atoms with E-state index in [4.69, 9.17) is 17.0 Å². The number of allylic oxidation sites excluding steroid dienone is 1. The van der Waals surface area contributed by atoms with Gasteiger partial charge in [-0.05, 0) is 0 Å². The van der Waals surface area contributed by atoms with Gasteiger partial charge in [-0.1, -0.05) is 0 Å².